The number of amides is 1. The maximum atomic E-state index is 12.5. The molecule has 0 spiro atoms. The van der Waals surface area contributed by atoms with Crippen molar-refractivity contribution in [1.82, 2.24) is 9.97 Å². The molecule has 0 unspecified atom stereocenters. The normalized spacial score (nSPS) is 11.2. The quantitative estimate of drug-likeness (QED) is 0.325. The van der Waals surface area contributed by atoms with Crippen LogP contribution in [-0.2, 0) is 4.79 Å². The van der Waals surface area contributed by atoms with E-state index >= 15 is 0 Å². The van der Waals surface area contributed by atoms with Gasteiger partial charge in [0.15, 0.2) is 5.58 Å². The summed E-state index contributed by atoms with van der Waals surface area (Å²) in [7, 11) is 0. The number of para-hydroxylation sites is 1. The first kappa shape index (κ1) is 20.2. The highest BCUT2D eigenvalue weighted by Crippen LogP contribution is 2.33. The molecule has 0 saturated heterocycles. The number of fused-ring (bicyclic) bond motifs is 3. The second-order valence-electron chi connectivity index (χ2n) is 6.91. The molecule has 2 aromatic heterocycles. The number of anilines is 2. The molecule has 0 aliphatic heterocycles. The number of furan rings is 1. The van der Waals surface area contributed by atoms with Crippen molar-refractivity contribution in [2.45, 2.75) is 25.8 Å². The average molecular weight is 421 g/mol. The third-order valence-electron chi connectivity index (χ3n) is 4.92. The third-order valence-corrected chi connectivity index (χ3v) is 5.88. The molecule has 1 N–H and O–H groups in total. The number of carbonyl (C=O) groups is 1. The number of aromatic nitrogens is 2. The summed E-state index contributed by atoms with van der Waals surface area (Å²) in [5, 5.41) is 4.59. The number of thioether (sulfide) groups is 1. The predicted molar refractivity (Wildman–Crippen MR) is 123 cm³/mol. The summed E-state index contributed by atoms with van der Waals surface area (Å²) in [5.74, 6) is 0.806. The molecule has 7 heteroatoms. The molecule has 0 atom stereocenters. The van der Waals surface area contributed by atoms with E-state index in [9.17, 15) is 4.79 Å². The van der Waals surface area contributed by atoms with Crippen molar-refractivity contribution in [3.63, 3.8) is 0 Å². The lowest BCUT2D eigenvalue weighted by Crippen LogP contribution is -2.21. The smallest absolute Gasteiger partial charge is 0.234 e. The number of nitrogens with one attached hydrogen (secondary N) is 1. The number of carbonyl (C=O) groups excluding carboxylic acids is 1. The van der Waals surface area contributed by atoms with Crippen LogP contribution in [0.25, 0.3) is 22.1 Å². The molecule has 0 aliphatic carbocycles. The van der Waals surface area contributed by atoms with Crippen LogP contribution in [0.5, 0.6) is 0 Å². The minimum Gasteiger partial charge on any atom is -0.451 e. The Balaban J connectivity index is 1.47. The van der Waals surface area contributed by atoms with Gasteiger partial charge in [0.05, 0.1) is 5.75 Å². The number of hydrogen-bond acceptors (Lipinski definition) is 6. The van der Waals surface area contributed by atoms with E-state index in [1.807, 2.05) is 55.5 Å². The Kier molecular flexibility index (Phi) is 5.90. The van der Waals surface area contributed by atoms with E-state index in [0.29, 0.717) is 16.4 Å². The van der Waals surface area contributed by atoms with Crippen molar-refractivity contribution in [1.29, 1.82) is 0 Å². The SMILES string of the molecule is CCN(CC)c1ccc(NC(=O)CSc2nc(C)nc3c2oc2ccccc23)cc1. The molecule has 2 heterocycles. The fourth-order valence-electron chi connectivity index (χ4n) is 3.45. The lowest BCUT2D eigenvalue weighted by atomic mass is 10.2. The third kappa shape index (κ3) is 4.11. The Morgan fingerprint density at radius 1 is 1.07 bits per heavy atom. The van der Waals surface area contributed by atoms with E-state index in [0.717, 1.165) is 41.0 Å². The highest BCUT2D eigenvalue weighted by molar-refractivity contribution is 8.00. The van der Waals surface area contributed by atoms with Gasteiger partial charge in [-0.05, 0) is 57.2 Å². The monoisotopic (exact) mass is 420 g/mol. The molecule has 0 bridgehead atoms. The van der Waals surface area contributed by atoms with E-state index in [1.54, 1.807) is 0 Å². The zero-order valence-electron chi connectivity index (χ0n) is 17.3. The summed E-state index contributed by atoms with van der Waals surface area (Å²) in [6.45, 7) is 8.01. The number of rotatable bonds is 7. The molecule has 0 saturated carbocycles. The van der Waals surface area contributed by atoms with Crippen LogP contribution in [0.1, 0.15) is 19.7 Å². The molecule has 6 nitrogen and oxygen atoms in total. The number of hydrogen-bond donors (Lipinski definition) is 1. The topological polar surface area (TPSA) is 71.3 Å². The van der Waals surface area contributed by atoms with Gasteiger partial charge >= 0.3 is 0 Å². The highest BCUT2D eigenvalue weighted by atomic mass is 32.2. The van der Waals surface area contributed by atoms with Crippen molar-refractivity contribution in [2.24, 2.45) is 0 Å². The van der Waals surface area contributed by atoms with Gasteiger partial charge in [0.25, 0.3) is 0 Å². The fraction of sp³-hybridized carbons (Fsp3) is 0.261. The van der Waals surface area contributed by atoms with Gasteiger partial charge in [-0.1, -0.05) is 23.9 Å². The number of nitrogens with zero attached hydrogens (tertiary/aromatic N) is 3. The second kappa shape index (κ2) is 8.75. The Hall–Kier alpha value is -3.06. The zero-order chi connectivity index (χ0) is 21.1. The van der Waals surface area contributed by atoms with E-state index in [4.69, 9.17) is 4.42 Å². The molecule has 30 heavy (non-hydrogen) atoms. The first-order valence-electron chi connectivity index (χ1n) is 10.0. The van der Waals surface area contributed by atoms with Crippen LogP contribution in [0.3, 0.4) is 0 Å². The first-order chi connectivity index (χ1) is 14.6. The molecule has 0 fully saturated rings. The van der Waals surface area contributed by atoms with Gasteiger partial charge in [-0.2, -0.15) is 0 Å². The molecule has 0 aliphatic rings. The molecule has 154 valence electrons. The maximum absolute atomic E-state index is 12.5. The summed E-state index contributed by atoms with van der Waals surface area (Å²) in [6, 6.07) is 15.7. The van der Waals surface area contributed by atoms with Crippen molar-refractivity contribution in [2.75, 3.05) is 29.1 Å². The number of aryl methyl sites for hydroxylation is 1. The zero-order valence-corrected chi connectivity index (χ0v) is 18.1. The van der Waals surface area contributed by atoms with Crippen molar-refractivity contribution < 1.29 is 9.21 Å². The largest absolute Gasteiger partial charge is 0.451 e. The molecular formula is C23H24N4O2S. The van der Waals surface area contributed by atoms with E-state index in [1.165, 1.54) is 11.8 Å². The van der Waals surface area contributed by atoms with Crippen LogP contribution in [0.2, 0.25) is 0 Å². The van der Waals surface area contributed by atoms with Crippen molar-refractivity contribution in [3.8, 4) is 0 Å². The molecule has 1 amide bonds. The van der Waals surface area contributed by atoms with Crippen LogP contribution < -0.4 is 10.2 Å². The molecular weight excluding hydrogens is 396 g/mol. The average Bonchev–Trinajstić information content (AvgIpc) is 3.13. The summed E-state index contributed by atoms with van der Waals surface area (Å²) < 4.78 is 5.96. The van der Waals surface area contributed by atoms with Gasteiger partial charge in [-0.15, -0.1) is 0 Å². The Bertz CT molecular complexity index is 1180. The molecule has 2 aromatic carbocycles. The maximum Gasteiger partial charge on any atom is 0.234 e. The molecule has 0 radical (unpaired) electrons. The second-order valence-corrected chi connectivity index (χ2v) is 7.87. The Labute approximate surface area is 179 Å². The van der Waals surface area contributed by atoms with Crippen molar-refractivity contribution >= 4 is 51.1 Å². The van der Waals surface area contributed by atoms with Gasteiger partial charge in [-0.3, -0.25) is 4.79 Å². The van der Waals surface area contributed by atoms with Gasteiger partial charge in [0.2, 0.25) is 5.91 Å². The van der Waals surface area contributed by atoms with E-state index < -0.39 is 0 Å². The lowest BCUT2D eigenvalue weighted by molar-refractivity contribution is -0.113. The minimum absolute atomic E-state index is 0.0869. The van der Waals surface area contributed by atoms with E-state index in [2.05, 4.69) is 34.0 Å². The highest BCUT2D eigenvalue weighted by Gasteiger charge is 2.16. The van der Waals surface area contributed by atoms with Crippen LogP contribution >= 0.6 is 11.8 Å². The van der Waals surface area contributed by atoms with Gasteiger partial charge in [0, 0.05) is 29.9 Å². The standard InChI is InChI=1S/C23H24N4O2S/c1-4-27(5-2)17-12-10-16(11-13-17)26-20(28)14-30-23-22-21(24-15(3)25-23)18-8-6-7-9-19(18)29-22/h6-13H,4-5,14H2,1-3H3,(H,26,28). The molecule has 4 aromatic rings. The van der Waals surface area contributed by atoms with Crippen LogP contribution in [0, 0.1) is 6.92 Å². The van der Waals surface area contributed by atoms with E-state index in [-0.39, 0.29) is 11.7 Å². The number of benzene rings is 2. The van der Waals surface area contributed by atoms with Crippen molar-refractivity contribution in [3.05, 3.63) is 54.4 Å². The van der Waals surface area contributed by atoms with Gasteiger partial charge in [-0.25, -0.2) is 9.97 Å². The van der Waals surface area contributed by atoms with Crippen LogP contribution in [0.4, 0.5) is 11.4 Å². The summed E-state index contributed by atoms with van der Waals surface area (Å²) >= 11 is 1.36. The van der Waals surface area contributed by atoms with Crippen LogP contribution in [0.15, 0.2) is 58.0 Å². The fourth-order valence-corrected chi connectivity index (χ4v) is 4.25. The predicted octanol–water partition coefficient (Wildman–Crippen LogP) is 5.26. The summed E-state index contributed by atoms with van der Waals surface area (Å²) in [6.07, 6.45) is 0. The summed E-state index contributed by atoms with van der Waals surface area (Å²) in [5.41, 5.74) is 4.11. The Morgan fingerprint density at radius 3 is 2.53 bits per heavy atom. The van der Waals surface area contributed by atoms with Gasteiger partial charge in [0.1, 0.15) is 22.0 Å². The van der Waals surface area contributed by atoms with Gasteiger partial charge < -0.3 is 14.6 Å². The minimum atomic E-state index is -0.0869. The first-order valence-corrected chi connectivity index (χ1v) is 11.0. The Morgan fingerprint density at radius 2 is 1.80 bits per heavy atom. The molecule has 4 rings (SSSR count). The van der Waals surface area contributed by atoms with Crippen LogP contribution in [-0.4, -0.2) is 34.7 Å². The lowest BCUT2D eigenvalue weighted by Gasteiger charge is -2.21. The summed E-state index contributed by atoms with van der Waals surface area (Å²) in [4.78, 5) is 23.8.